The summed E-state index contributed by atoms with van der Waals surface area (Å²) in [5.41, 5.74) is 6.36. The van der Waals surface area contributed by atoms with Crippen LogP contribution >= 0.6 is 0 Å². The number of carbonyl (C=O) groups excluding carboxylic acids is 2. The first kappa shape index (κ1) is 13.0. The van der Waals surface area contributed by atoms with Crippen molar-refractivity contribution in [1.82, 2.24) is 5.32 Å². The Kier molecular flexibility index (Phi) is 4.51. The molecule has 0 aliphatic heterocycles. The molecule has 0 aromatic heterocycles. The second-order valence-electron chi connectivity index (χ2n) is 3.57. The number of carbonyl (C=O) groups is 2. The number of hydrogen-bond acceptors (Lipinski definition) is 4. The highest BCUT2D eigenvalue weighted by Crippen LogP contribution is 2.09. The molecule has 5 heteroatoms. The first-order valence-corrected chi connectivity index (χ1v) is 5.38. The van der Waals surface area contributed by atoms with Crippen LogP contribution in [0.4, 0.5) is 5.69 Å². The highest BCUT2D eigenvalue weighted by Gasteiger charge is 2.17. The predicted molar refractivity (Wildman–Crippen MR) is 64.4 cm³/mol. The summed E-state index contributed by atoms with van der Waals surface area (Å²) in [7, 11) is 0. The fourth-order valence-electron chi connectivity index (χ4n) is 1.27. The number of nitrogens with two attached hydrogens (primary N) is 1. The lowest BCUT2D eigenvalue weighted by molar-refractivity contribution is -0.128. The molecular weight excluding hydrogens is 220 g/mol. The zero-order chi connectivity index (χ0) is 12.8. The van der Waals surface area contributed by atoms with Gasteiger partial charge >= 0.3 is 5.97 Å². The van der Waals surface area contributed by atoms with E-state index < -0.39 is 12.1 Å². The average Bonchev–Trinajstić information content (AvgIpc) is 2.29. The number of benzene rings is 1. The molecule has 1 unspecified atom stereocenters. The van der Waals surface area contributed by atoms with Crippen molar-refractivity contribution >= 4 is 17.6 Å². The van der Waals surface area contributed by atoms with Crippen LogP contribution in [-0.4, -0.2) is 24.5 Å². The number of likely N-dealkylation sites (N-methyl/N-ethyl adjacent to an activating group) is 1. The van der Waals surface area contributed by atoms with Gasteiger partial charge in [0, 0.05) is 12.2 Å². The lowest BCUT2D eigenvalue weighted by atomic mass is 10.2. The average molecular weight is 236 g/mol. The number of ether oxygens (including phenoxy) is 1. The van der Waals surface area contributed by atoms with Gasteiger partial charge < -0.3 is 15.8 Å². The maximum Gasteiger partial charge on any atom is 0.338 e. The molecule has 17 heavy (non-hydrogen) atoms. The first-order valence-electron chi connectivity index (χ1n) is 5.38. The van der Waals surface area contributed by atoms with Crippen LogP contribution in [0, 0.1) is 0 Å². The largest absolute Gasteiger partial charge is 0.449 e. The van der Waals surface area contributed by atoms with E-state index in [1.54, 1.807) is 25.1 Å². The summed E-state index contributed by atoms with van der Waals surface area (Å²) in [4.78, 5) is 23.0. The molecule has 3 N–H and O–H groups in total. The summed E-state index contributed by atoms with van der Waals surface area (Å²) in [6.07, 6.45) is -0.816. The lowest BCUT2D eigenvalue weighted by Crippen LogP contribution is -2.35. The van der Waals surface area contributed by atoms with Gasteiger partial charge in [-0.15, -0.1) is 0 Å². The smallest absolute Gasteiger partial charge is 0.338 e. The molecule has 0 fully saturated rings. The third kappa shape index (κ3) is 3.79. The topological polar surface area (TPSA) is 81.4 Å². The molecule has 0 radical (unpaired) electrons. The van der Waals surface area contributed by atoms with E-state index in [4.69, 9.17) is 10.5 Å². The fourth-order valence-corrected chi connectivity index (χ4v) is 1.27. The van der Waals surface area contributed by atoms with E-state index in [0.717, 1.165) is 0 Å². The van der Waals surface area contributed by atoms with Gasteiger partial charge in [-0.1, -0.05) is 6.07 Å². The van der Waals surface area contributed by atoms with Crippen molar-refractivity contribution in [3.05, 3.63) is 29.8 Å². The van der Waals surface area contributed by atoms with Crippen LogP contribution in [-0.2, 0) is 9.53 Å². The van der Waals surface area contributed by atoms with Gasteiger partial charge in [-0.3, -0.25) is 4.79 Å². The SMILES string of the molecule is CCNC(=O)C(C)OC(=O)c1cccc(N)c1. The van der Waals surface area contributed by atoms with E-state index in [2.05, 4.69) is 5.32 Å². The Labute approximate surface area is 99.9 Å². The molecule has 0 aliphatic rings. The number of nitrogens with one attached hydrogen (secondary N) is 1. The van der Waals surface area contributed by atoms with Gasteiger partial charge in [0.05, 0.1) is 5.56 Å². The quantitative estimate of drug-likeness (QED) is 0.602. The molecule has 0 saturated carbocycles. The van der Waals surface area contributed by atoms with E-state index in [9.17, 15) is 9.59 Å². The number of amides is 1. The number of esters is 1. The Morgan fingerprint density at radius 2 is 2.18 bits per heavy atom. The molecule has 0 spiro atoms. The summed E-state index contributed by atoms with van der Waals surface area (Å²) in [6, 6.07) is 6.42. The molecule has 0 heterocycles. The molecule has 1 aromatic carbocycles. The summed E-state index contributed by atoms with van der Waals surface area (Å²) < 4.78 is 5.00. The van der Waals surface area contributed by atoms with E-state index in [1.807, 2.05) is 0 Å². The third-order valence-corrected chi connectivity index (χ3v) is 2.13. The molecule has 1 amide bonds. The van der Waals surface area contributed by atoms with Crippen molar-refractivity contribution < 1.29 is 14.3 Å². The molecule has 0 saturated heterocycles. The second-order valence-corrected chi connectivity index (χ2v) is 3.57. The number of hydrogen-bond donors (Lipinski definition) is 2. The van der Waals surface area contributed by atoms with Crippen molar-refractivity contribution in [2.24, 2.45) is 0 Å². The maximum atomic E-state index is 11.7. The van der Waals surface area contributed by atoms with Crippen LogP contribution in [0.1, 0.15) is 24.2 Å². The van der Waals surface area contributed by atoms with Crippen LogP contribution in [0.5, 0.6) is 0 Å². The normalized spacial score (nSPS) is 11.6. The van der Waals surface area contributed by atoms with Crippen molar-refractivity contribution in [3.63, 3.8) is 0 Å². The zero-order valence-electron chi connectivity index (χ0n) is 9.90. The van der Waals surface area contributed by atoms with Crippen molar-refractivity contribution in [1.29, 1.82) is 0 Å². The molecule has 92 valence electrons. The minimum absolute atomic E-state index is 0.315. The van der Waals surface area contributed by atoms with Crippen LogP contribution in [0.3, 0.4) is 0 Å². The molecular formula is C12H16N2O3. The first-order chi connectivity index (χ1) is 8.04. The summed E-state index contributed by atoms with van der Waals surface area (Å²) in [6.45, 7) is 3.82. The summed E-state index contributed by atoms with van der Waals surface area (Å²) in [5, 5.41) is 2.57. The molecule has 5 nitrogen and oxygen atoms in total. The van der Waals surface area contributed by atoms with Crippen LogP contribution in [0.15, 0.2) is 24.3 Å². The number of anilines is 1. The number of rotatable bonds is 4. The second kappa shape index (κ2) is 5.89. The minimum Gasteiger partial charge on any atom is -0.449 e. The highest BCUT2D eigenvalue weighted by atomic mass is 16.5. The van der Waals surface area contributed by atoms with Gasteiger partial charge in [-0.05, 0) is 32.0 Å². The maximum absolute atomic E-state index is 11.7. The van der Waals surface area contributed by atoms with Crippen molar-refractivity contribution in [2.75, 3.05) is 12.3 Å². The van der Waals surface area contributed by atoms with E-state index in [0.29, 0.717) is 17.8 Å². The standard InChI is InChI=1S/C12H16N2O3/c1-3-14-11(15)8(2)17-12(16)9-5-4-6-10(13)7-9/h4-8H,3,13H2,1-2H3,(H,14,15). The van der Waals surface area contributed by atoms with Gasteiger partial charge in [0.15, 0.2) is 6.10 Å². The van der Waals surface area contributed by atoms with E-state index in [-0.39, 0.29) is 5.91 Å². The minimum atomic E-state index is -0.816. The Balaban J connectivity index is 2.63. The third-order valence-electron chi connectivity index (χ3n) is 2.13. The van der Waals surface area contributed by atoms with Gasteiger partial charge in [0.1, 0.15) is 0 Å². The monoisotopic (exact) mass is 236 g/mol. The fraction of sp³-hybridized carbons (Fsp3) is 0.333. The Morgan fingerprint density at radius 3 is 2.76 bits per heavy atom. The predicted octanol–water partition coefficient (Wildman–Crippen LogP) is 0.950. The lowest BCUT2D eigenvalue weighted by Gasteiger charge is -2.12. The summed E-state index contributed by atoms with van der Waals surface area (Å²) in [5.74, 6) is -0.874. The van der Waals surface area contributed by atoms with Crippen LogP contribution in [0.2, 0.25) is 0 Å². The Hall–Kier alpha value is -2.04. The van der Waals surface area contributed by atoms with E-state index >= 15 is 0 Å². The van der Waals surface area contributed by atoms with Crippen molar-refractivity contribution in [3.8, 4) is 0 Å². The van der Waals surface area contributed by atoms with E-state index in [1.165, 1.54) is 13.0 Å². The summed E-state index contributed by atoms with van der Waals surface area (Å²) >= 11 is 0. The van der Waals surface area contributed by atoms with Gasteiger partial charge in [0.25, 0.3) is 5.91 Å². The molecule has 1 atom stereocenters. The molecule has 1 aromatic rings. The zero-order valence-corrected chi connectivity index (χ0v) is 9.90. The highest BCUT2D eigenvalue weighted by molar-refractivity contribution is 5.92. The van der Waals surface area contributed by atoms with Crippen LogP contribution in [0.25, 0.3) is 0 Å². The molecule has 0 aliphatic carbocycles. The molecule has 0 bridgehead atoms. The van der Waals surface area contributed by atoms with Gasteiger partial charge in [0.2, 0.25) is 0 Å². The van der Waals surface area contributed by atoms with Crippen molar-refractivity contribution in [2.45, 2.75) is 20.0 Å². The Bertz CT molecular complexity index is 418. The molecule has 1 rings (SSSR count). The number of nitrogen functional groups attached to an aromatic ring is 1. The van der Waals surface area contributed by atoms with Gasteiger partial charge in [-0.25, -0.2) is 4.79 Å². The van der Waals surface area contributed by atoms with Gasteiger partial charge in [-0.2, -0.15) is 0 Å². The van der Waals surface area contributed by atoms with Crippen LogP contribution < -0.4 is 11.1 Å². The Morgan fingerprint density at radius 1 is 1.47 bits per heavy atom.